The molecule has 128 valence electrons. The smallest absolute Gasteiger partial charge is 0.169 e. The lowest BCUT2D eigenvalue weighted by molar-refractivity contribution is 0.132. The number of hydrogen-bond donors (Lipinski definition) is 0. The van der Waals surface area contributed by atoms with Crippen LogP contribution >= 0.6 is 0 Å². The number of methoxy groups -OCH3 is 2. The van der Waals surface area contributed by atoms with Crippen LogP contribution in [0.1, 0.15) is 37.5 Å². The average molecular weight is 327 g/mol. The summed E-state index contributed by atoms with van der Waals surface area (Å²) in [5.74, 6) is 1.31. The van der Waals surface area contributed by atoms with Crippen LogP contribution in [0.4, 0.5) is 0 Å². The Labute approximate surface area is 144 Å². The Morgan fingerprint density at radius 2 is 1.67 bits per heavy atom. The van der Waals surface area contributed by atoms with Gasteiger partial charge in [0.2, 0.25) is 0 Å². The minimum Gasteiger partial charge on any atom is -0.493 e. The van der Waals surface area contributed by atoms with E-state index < -0.39 is 0 Å². The molecule has 0 N–H and O–H groups in total. The molecule has 2 rings (SSSR count). The van der Waals surface area contributed by atoms with Crippen molar-refractivity contribution >= 4 is 6.21 Å². The van der Waals surface area contributed by atoms with Crippen LogP contribution in [-0.2, 0) is 16.9 Å². The van der Waals surface area contributed by atoms with Crippen molar-refractivity contribution in [3.05, 3.63) is 59.2 Å². The highest BCUT2D eigenvalue weighted by molar-refractivity contribution is 5.84. The molecular formula is C20H25NO3. The van der Waals surface area contributed by atoms with Crippen molar-refractivity contribution in [2.24, 2.45) is 5.16 Å². The zero-order valence-corrected chi connectivity index (χ0v) is 15.0. The largest absolute Gasteiger partial charge is 0.493 e. The van der Waals surface area contributed by atoms with Gasteiger partial charge in [0.05, 0.1) is 20.4 Å². The van der Waals surface area contributed by atoms with Gasteiger partial charge in [0.1, 0.15) is 6.61 Å². The highest BCUT2D eigenvalue weighted by atomic mass is 16.6. The van der Waals surface area contributed by atoms with Crippen LogP contribution in [-0.4, -0.2) is 20.4 Å². The van der Waals surface area contributed by atoms with Crippen molar-refractivity contribution in [2.45, 2.75) is 32.8 Å². The lowest BCUT2D eigenvalue weighted by Crippen LogP contribution is -2.10. The predicted octanol–water partition coefficient (Wildman–Crippen LogP) is 4.55. The quantitative estimate of drug-likeness (QED) is 0.577. The van der Waals surface area contributed by atoms with E-state index in [4.69, 9.17) is 14.3 Å². The van der Waals surface area contributed by atoms with Crippen molar-refractivity contribution < 1.29 is 14.3 Å². The second kappa shape index (κ2) is 7.86. The van der Waals surface area contributed by atoms with Gasteiger partial charge in [0, 0.05) is 5.56 Å². The highest BCUT2D eigenvalue weighted by Crippen LogP contribution is 2.29. The number of ether oxygens (including phenoxy) is 2. The summed E-state index contributed by atoms with van der Waals surface area (Å²) in [4.78, 5) is 5.40. The van der Waals surface area contributed by atoms with Gasteiger partial charge in [-0.05, 0) is 28.7 Å². The molecule has 4 nitrogen and oxygen atoms in total. The van der Waals surface area contributed by atoms with Crippen molar-refractivity contribution in [2.75, 3.05) is 14.2 Å². The molecule has 0 aliphatic rings. The molecule has 24 heavy (non-hydrogen) atoms. The number of para-hydroxylation sites is 1. The van der Waals surface area contributed by atoms with Crippen molar-refractivity contribution in [3.63, 3.8) is 0 Å². The second-order valence-corrected chi connectivity index (χ2v) is 6.54. The fourth-order valence-electron chi connectivity index (χ4n) is 2.32. The molecule has 0 heterocycles. The van der Waals surface area contributed by atoms with E-state index in [0.29, 0.717) is 18.1 Å². The highest BCUT2D eigenvalue weighted by Gasteiger charge is 2.12. The number of rotatable bonds is 6. The maximum atomic E-state index is 5.40. The number of benzene rings is 2. The maximum absolute atomic E-state index is 5.40. The number of hydrogen-bond acceptors (Lipinski definition) is 4. The summed E-state index contributed by atoms with van der Waals surface area (Å²) in [6.07, 6.45) is 1.63. The van der Waals surface area contributed by atoms with Crippen LogP contribution in [0.15, 0.2) is 47.6 Å². The molecule has 2 aromatic carbocycles. The molecule has 0 bridgehead atoms. The Kier molecular flexibility index (Phi) is 5.85. The fourth-order valence-corrected chi connectivity index (χ4v) is 2.32. The minimum absolute atomic E-state index is 0.153. The zero-order valence-electron chi connectivity index (χ0n) is 15.0. The average Bonchev–Trinajstić information content (AvgIpc) is 2.58. The summed E-state index contributed by atoms with van der Waals surface area (Å²) in [6.45, 7) is 7.02. The Morgan fingerprint density at radius 3 is 2.25 bits per heavy atom. The fraction of sp³-hybridized carbons (Fsp3) is 0.350. The first-order valence-electron chi connectivity index (χ1n) is 7.91. The van der Waals surface area contributed by atoms with Gasteiger partial charge in [-0.3, -0.25) is 0 Å². The number of oxime groups is 1. The Balaban J connectivity index is 1.98. The molecule has 0 aromatic heterocycles. The van der Waals surface area contributed by atoms with Gasteiger partial charge >= 0.3 is 0 Å². The van der Waals surface area contributed by atoms with E-state index in [0.717, 1.165) is 11.1 Å². The predicted molar refractivity (Wildman–Crippen MR) is 97.1 cm³/mol. The third-order valence-electron chi connectivity index (χ3n) is 3.75. The molecule has 0 aliphatic heterocycles. The lowest BCUT2D eigenvalue weighted by Gasteiger charge is -2.18. The summed E-state index contributed by atoms with van der Waals surface area (Å²) in [7, 11) is 3.21. The molecule has 0 radical (unpaired) electrons. The van der Waals surface area contributed by atoms with Crippen LogP contribution in [0.25, 0.3) is 0 Å². The monoisotopic (exact) mass is 327 g/mol. The SMILES string of the molecule is COc1cccc(/C=N/OCc2ccc(C(C)(C)C)cc2)c1OC. The van der Waals surface area contributed by atoms with Crippen LogP contribution in [0.2, 0.25) is 0 Å². The van der Waals surface area contributed by atoms with E-state index in [1.807, 2.05) is 18.2 Å². The topological polar surface area (TPSA) is 40.0 Å². The summed E-state index contributed by atoms with van der Waals surface area (Å²) in [5.41, 5.74) is 3.34. The van der Waals surface area contributed by atoms with Gasteiger partial charge in [-0.2, -0.15) is 0 Å². The van der Waals surface area contributed by atoms with Gasteiger partial charge in [0.15, 0.2) is 11.5 Å². The first-order chi connectivity index (χ1) is 11.5. The van der Waals surface area contributed by atoms with E-state index in [2.05, 4.69) is 50.2 Å². The second-order valence-electron chi connectivity index (χ2n) is 6.54. The molecule has 0 spiro atoms. The van der Waals surface area contributed by atoms with Crippen molar-refractivity contribution in [1.82, 2.24) is 0 Å². The first-order valence-corrected chi connectivity index (χ1v) is 7.91. The summed E-state index contributed by atoms with van der Waals surface area (Å²) < 4.78 is 10.6. The van der Waals surface area contributed by atoms with E-state index in [1.165, 1.54) is 5.56 Å². The lowest BCUT2D eigenvalue weighted by atomic mass is 9.87. The van der Waals surface area contributed by atoms with Crippen molar-refractivity contribution in [3.8, 4) is 11.5 Å². The molecule has 0 unspecified atom stereocenters. The molecule has 2 aromatic rings. The van der Waals surface area contributed by atoms with Gasteiger partial charge in [-0.25, -0.2) is 0 Å². The molecule has 0 amide bonds. The standard InChI is InChI=1S/C20H25NO3/c1-20(2,3)17-11-9-15(10-12-17)14-24-21-13-16-7-6-8-18(22-4)19(16)23-5/h6-13H,14H2,1-5H3/b21-13+. The zero-order chi connectivity index (χ0) is 17.6. The molecule has 0 atom stereocenters. The minimum atomic E-state index is 0.153. The van der Waals surface area contributed by atoms with Gasteiger partial charge in [-0.1, -0.05) is 56.3 Å². The van der Waals surface area contributed by atoms with Crippen LogP contribution in [0.5, 0.6) is 11.5 Å². The molecule has 0 saturated heterocycles. The Bertz CT molecular complexity index is 685. The molecule has 0 saturated carbocycles. The molecule has 0 fully saturated rings. The van der Waals surface area contributed by atoms with Crippen LogP contribution in [0.3, 0.4) is 0 Å². The molecule has 0 aliphatic carbocycles. The van der Waals surface area contributed by atoms with Gasteiger partial charge < -0.3 is 14.3 Å². The first kappa shape index (κ1) is 17.9. The summed E-state index contributed by atoms with van der Waals surface area (Å²) in [6, 6.07) is 14.0. The van der Waals surface area contributed by atoms with E-state index in [-0.39, 0.29) is 5.41 Å². The van der Waals surface area contributed by atoms with Crippen molar-refractivity contribution in [1.29, 1.82) is 0 Å². The molecular weight excluding hydrogens is 302 g/mol. The van der Waals surface area contributed by atoms with Crippen LogP contribution in [0, 0.1) is 0 Å². The Hall–Kier alpha value is -2.49. The van der Waals surface area contributed by atoms with Gasteiger partial charge in [-0.15, -0.1) is 0 Å². The maximum Gasteiger partial charge on any atom is 0.169 e. The summed E-state index contributed by atoms with van der Waals surface area (Å²) >= 11 is 0. The van der Waals surface area contributed by atoms with Gasteiger partial charge in [0.25, 0.3) is 0 Å². The molecule has 4 heteroatoms. The van der Waals surface area contributed by atoms with E-state index in [1.54, 1.807) is 20.4 Å². The summed E-state index contributed by atoms with van der Waals surface area (Å²) in [5, 5.41) is 4.03. The Morgan fingerprint density at radius 1 is 0.958 bits per heavy atom. The third-order valence-corrected chi connectivity index (χ3v) is 3.75. The third kappa shape index (κ3) is 4.51. The normalized spacial score (nSPS) is 11.5. The number of nitrogens with zero attached hydrogens (tertiary/aromatic N) is 1. The van der Waals surface area contributed by atoms with E-state index in [9.17, 15) is 0 Å². The van der Waals surface area contributed by atoms with Crippen LogP contribution < -0.4 is 9.47 Å². The van der Waals surface area contributed by atoms with E-state index >= 15 is 0 Å².